The summed E-state index contributed by atoms with van der Waals surface area (Å²) in [5, 5.41) is 0. The molecule has 0 saturated heterocycles. The van der Waals surface area contributed by atoms with E-state index in [1.54, 1.807) is 0 Å². The molecule has 0 aliphatic heterocycles. The summed E-state index contributed by atoms with van der Waals surface area (Å²) < 4.78 is 17.0. The van der Waals surface area contributed by atoms with Gasteiger partial charge in [-0.15, -0.1) is 0 Å². The first-order valence-electron chi connectivity index (χ1n) is 36.2. The third-order valence-electron chi connectivity index (χ3n) is 16.8. The maximum absolute atomic E-state index is 12.9. The Labute approximate surface area is 494 Å². The van der Waals surface area contributed by atoms with E-state index >= 15 is 0 Å². The Morgan fingerprint density at radius 2 is 0.418 bits per heavy atom. The Morgan fingerprint density at radius 3 is 0.633 bits per heavy atom. The maximum atomic E-state index is 12.9. The summed E-state index contributed by atoms with van der Waals surface area (Å²) in [5.41, 5.74) is 0. The molecule has 0 aliphatic rings. The van der Waals surface area contributed by atoms with Crippen molar-refractivity contribution in [2.75, 3.05) is 13.2 Å². The van der Waals surface area contributed by atoms with Crippen LogP contribution in [0, 0.1) is 0 Å². The van der Waals surface area contributed by atoms with Crippen molar-refractivity contribution < 1.29 is 28.6 Å². The van der Waals surface area contributed by atoms with E-state index in [0.717, 1.165) is 57.8 Å². The molecular weight excluding hydrogens is 973 g/mol. The topological polar surface area (TPSA) is 78.9 Å². The molecule has 0 amide bonds. The molecule has 1 atom stereocenters. The van der Waals surface area contributed by atoms with Crippen LogP contribution in [0.25, 0.3) is 0 Å². The number of unbranched alkanes of at least 4 members (excludes halogenated alkanes) is 55. The predicted octanol–water partition coefficient (Wildman–Crippen LogP) is 24.8. The van der Waals surface area contributed by atoms with E-state index in [9.17, 15) is 14.4 Å². The Balaban J connectivity index is 4.19. The van der Waals surface area contributed by atoms with Crippen LogP contribution in [0.4, 0.5) is 0 Å². The van der Waals surface area contributed by atoms with Gasteiger partial charge in [0.2, 0.25) is 0 Å². The third kappa shape index (κ3) is 66.8. The average molecular weight is 1110 g/mol. The van der Waals surface area contributed by atoms with E-state index < -0.39 is 6.10 Å². The maximum Gasteiger partial charge on any atom is 0.306 e. The molecule has 0 aromatic heterocycles. The third-order valence-corrected chi connectivity index (χ3v) is 16.8. The Hall–Kier alpha value is -1.85. The highest BCUT2D eigenvalue weighted by molar-refractivity contribution is 5.71. The van der Waals surface area contributed by atoms with E-state index in [2.05, 4.69) is 32.9 Å². The van der Waals surface area contributed by atoms with E-state index in [-0.39, 0.29) is 31.1 Å². The first kappa shape index (κ1) is 77.2. The monoisotopic (exact) mass is 1110 g/mol. The van der Waals surface area contributed by atoms with Crippen molar-refractivity contribution >= 4 is 17.9 Å². The molecule has 0 N–H and O–H groups in total. The van der Waals surface area contributed by atoms with Gasteiger partial charge in [0.25, 0.3) is 0 Å². The summed E-state index contributed by atoms with van der Waals surface area (Å²) in [6.07, 6.45) is 82.5. The Kier molecular flexibility index (Phi) is 67.0. The number of hydrogen-bond acceptors (Lipinski definition) is 6. The van der Waals surface area contributed by atoms with Crippen LogP contribution in [0.15, 0.2) is 12.2 Å². The zero-order valence-corrected chi connectivity index (χ0v) is 53.9. The number of ether oxygens (including phenoxy) is 3. The van der Waals surface area contributed by atoms with Crippen molar-refractivity contribution in [2.24, 2.45) is 0 Å². The van der Waals surface area contributed by atoms with Gasteiger partial charge in [0, 0.05) is 19.3 Å². The molecule has 0 rings (SSSR count). The van der Waals surface area contributed by atoms with Gasteiger partial charge in [0.1, 0.15) is 13.2 Å². The van der Waals surface area contributed by atoms with Crippen LogP contribution in [-0.2, 0) is 28.6 Å². The van der Waals surface area contributed by atoms with E-state index in [4.69, 9.17) is 14.2 Å². The zero-order chi connectivity index (χ0) is 57.1. The molecule has 0 aromatic rings. The number of esters is 3. The smallest absolute Gasteiger partial charge is 0.306 e. The van der Waals surface area contributed by atoms with E-state index in [0.29, 0.717) is 19.3 Å². The molecule has 0 aliphatic carbocycles. The van der Waals surface area contributed by atoms with Crippen LogP contribution >= 0.6 is 0 Å². The molecule has 6 heteroatoms. The molecular formula is C73H140O6. The van der Waals surface area contributed by atoms with Crippen LogP contribution in [0.2, 0.25) is 0 Å². The lowest BCUT2D eigenvalue weighted by Gasteiger charge is -2.18. The van der Waals surface area contributed by atoms with Gasteiger partial charge in [0.15, 0.2) is 6.10 Å². The van der Waals surface area contributed by atoms with Gasteiger partial charge in [-0.25, -0.2) is 0 Å². The predicted molar refractivity (Wildman–Crippen MR) is 344 cm³/mol. The van der Waals surface area contributed by atoms with E-state index in [1.807, 2.05) is 0 Å². The molecule has 468 valence electrons. The molecule has 0 aromatic carbocycles. The fraction of sp³-hybridized carbons (Fsp3) is 0.932. The molecule has 0 fully saturated rings. The highest BCUT2D eigenvalue weighted by Gasteiger charge is 2.19. The van der Waals surface area contributed by atoms with Gasteiger partial charge >= 0.3 is 17.9 Å². The van der Waals surface area contributed by atoms with Gasteiger partial charge in [-0.1, -0.05) is 367 Å². The highest BCUT2D eigenvalue weighted by atomic mass is 16.6. The quantitative estimate of drug-likeness (QED) is 0.0261. The summed E-state index contributed by atoms with van der Waals surface area (Å²) in [5.74, 6) is -0.833. The van der Waals surface area contributed by atoms with Crippen LogP contribution in [0.5, 0.6) is 0 Å². The highest BCUT2D eigenvalue weighted by Crippen LogP contribution is 2.19. The first-order valence-corrected chi connectivity index (χ1v) is 36.2. The lowest BCUT2D eigenvalue weighted by Crippen LogP contribution is -2.30. The second-order valence-corrected chi connectivity index (χ2v) is 24.9. The molecule has 0 heterocycles. The number of rotatable bonds is 68. The summed E-state index contributed by atoms with van der Waals surface area (Å²) in [6, 6.07) is 0. The average Bonchev–Trinajstić information content (AvgIpc) is 3.45. The van der Waals surface area contributed by atoms with Crippen LogP contribution in [0.1, 0.15) is 419 Å². The SMILES string of the molecule is CCCCCCCC/C=C\CCCCCCCCCC(=O)OC(COC(=O)CCCCCCCCCCCCCCCCCC)COC(=O)CCCCCCCCCCCCCCCCCCCCCCCCCCCCCC. The standard InChI is InChI=1S/C73H140O6/c1-4-7-10-13-16-19-22-25-28-31-32-33-34-35-36-37-38-39-40-41-43-45-48-51-54-57-60-63-66-72(75)78-69-70(68-77-71(74)65-62-59-56-53-50-47-44-30-27-24-21-18-15-12-9-6-3)79-73(76)67-64-61-58-55-52-49-46-42-29-26-23-20-17-14-11-8-5-2/h26,29,70H,4-25,27-28,30-69H2,1-3H3/b29-26-. The van der Waals surface area contributed by atoms with Crippen LogP contribution in [-0.4, -0.2) is 37.2 Å². The second kappa shape index (κ2) is 68.6. The molecule has 0 radical (unpaired) electrons. The fourth-order valence-electron chi connectivity index (χ4n) is 11.3. The lowest BCUT2D eigenvalue weighted by molar-refractivity contribution is -0.167. The van der Waals surface area contributed by atoms with Crippen molar-refractivity contribution in [3.05, 3.63) is 12.2 Å². The molecule has 0 bridgehead atoms. The second-order valence-electron chi connectivity index (χ2n) is 24.9. The minimum absolute atomic E-state index is 0.0648. The van der Waals surface area contributed by atoms with Crippen molar-refractivity contribution in [1.29, 1.82) is 0 Å². The molecule has 0 saturated carbocycles. The van der Waals surface area contributed by atoms with Crippen molar-refractivity contribution in [1.82, 2.24) is 0 Å². The molecule has 79 heavy (non-hydrogen) atoms. The Morgan fingerprint density at radius 1 is 0.241 bits per heavy atom. The van der Waals surface area contributed by atoms with Crippen molar-refractivity contribution in [3.63, 3.8) is 0 Å². The fourth-order valence-corrected chi connectivity index (χ4v) is 11.3. The lowest BCUT2D eigenvalue weighted by atomic mass is 10.0. The van der Waals surface area contributed by atoms with E-state index in [1.165, 1.54) is 321 Å². The molecule has 1 unspecified atom stereocenters. The largest absolute Gasteiger partial charge is 0.462 e. The number of hydrogen-bond donors (Lipinski definition) is 0. The van der Waals surface area contributed by atoms with Crippen molar-refractivity contribution in [3.8, 4) is 0 Å². The summed E-state index contributed by atoms with van der Waals surface area (Å²) in [4.78, 5) is 38.4. The summed E-state index contributed by atoms with van der Waals surface area (Å²) in [7, 11) is 0. The van der Waals surface area contributed by atoms with Crippen LogP contribution < -0.4 is 0 Å². The summed E-state index contributed by atoms with van der Waals surface area (Å²) in [6.45, 7) is 6.73. The van der Waals surface area contributed by atoms with Gasteiger partial charge in [-0.3, -0.25) is 14.4 Å². The number of allylic oxidation sites excluding steroid dienone is 2. The minimum atomic E-state index is -0.769. The number of carbonyl (C=O) groups excluding carboxylic acids is 3. The summed E-state index contributed by atoms with van der Waals surface area (Å²) >= 11 is 0. The molecule has 0 spiro atoms. The van der Waals surface area contributed by atoms with Gasteiger partial charge in [0.05, 0.1) is 0 Å². The number of carbonyl (C=O) groups is 3. The van der Waals surface area contributed by atoms with Gasteiger partial charge < -0.3 is 14.2 Å². The normalized spacial score (nSPS) is 12.0. The first-order chi connectivity index (χ1) is 39.0. The van der Waals surface area contributed by atoms with Crippen LogP contribution in [0.3, 0.4) is 0 Å². The minimum Gasteiger partial charge on any atom is -0.462 e. The molecule has 6 nitrogen and oxygen atoms in total. The van der Waals surface area contributed by atoms with Gasteiger partial charge in [-0.2, -0.15) is 0 Å². The van der Waals surface area contributed by atoms with Gasteiger partial charge in [-0.05, 0) is 44.9 Å². The van der Waals surface area contributed by atoms with Crippen molar-refractivity contribution in [2.45, 2.75) is 425 Å². The Bertz CT molecular complexity index is 1230. The zero-order valence-electron chi connectivity index (χ0n) is 53.9.